The number of nitrogens with one attached hydrogen (secondary N) is 3. The van der Waals surface area contributed by atoms with Crippen LogP contribution in [0.5, 0.6) is 0 Å². The van der Waals surface area contributed by atoms with Gasteiger partial charge >= 0.3 is 6.03 Å². The highest BCUT2D eigenvalue weighted by atomic mass is 16.2. The molecule has 0 unspecified atom stereocenters. The van der Waals surface area contributed by atoms with Crippen LogP contribution in [0.4, 0.5) is 16.2 Å². The Morgan fingerprint density at radius 1 is 1.07 bits per heavy atom. The molecule has 27 heavy (non-hydrogen) atoms. The molecule has 140 valence electrons. The number of anilines is 2. The van der Waals surface area contributed by atoms with E-state index in [1.165, 1.54) is 0 Å². The van der Waals surface area contributed by atoms with E-state index in [1.54, 1.807) is 4.90 Å². The Balaban J connectivity index is 1.43. The number of likely N-dealkylation sites (tertiary alicyclic amines) is 1. The minimum absolute atomic E-state index is 0.0421. The van der Waals surface area contributed by atoms with Crippen molar-refractivity contribution in [2.24, 2.45) is 0 Å². The summed E-state index contributed by atoms with van der Waals surface area (Å²) in [7, 11) is 0. The number of piperidine rings is 1. The molecule has 2 aliphatic heterocycles. The van der Waals surface area contributed by atoms with E-state index in [9.17, 15) is 9.59 Å². The van der Waals surface area contributed by atoms with Gasteiger partial charge in [0.25, 0.3) is 5.91 Å². The fraction of sp³-hybridized carbons (Fsp3) is 0.333. The number of amides is 3. The van der Waals surface area contributed by atoms with Crippen molar-refractivity contribution in [2.75, 3.05) is 23.7 Å². The Morgan fingerprint density at radius 3 is 2.56 bits per heavy atom. The molecule has 6 nitrogen and oxygen atoms in total. The van der Waals surface area contributed by atoms with Crippen molar-refractivity contribution in [2.45, 2.75) is 32.4 Å². The van der Waals surface area contributed by atoms with Crippen LogP contribution in [0.2, 0.25) is 0 Å². The first-order chi connectivity index (χ1) is 13.0. The van der Waals surface area contributed by atoms with Crippen LogP contribution >= 0.6 is 0 Å². The Kier molecular flexibility index (Phi) is 4.26. The van der Waals surface area contributed by atoms with Crippen LogP contribution in [-0.4, -0.2) is 35.6 Å². The lowest BCUT2D eigenvalue weighted by atomic mass is 9.91. The quantitative estimate of drug-likeness (QED) is 0.725. The van der Waals surface area contributed by atoms with Gasteiger partial charge in [-0.3, -0.25) is 4.79 Å². The van der Waals surface area contributed by atoms with Gasteiger partial charge in [0.2, 0.25) is 0 Å². The lowest BCUT2D eigenvalue weighted by molar-refractivity contribution is 0.0851. The van der Waals surface area contributed by atoms with Gasteiger partial charge in [-0.05, 0) is 43.2 Å². The number of carbonyl (C=O) groups excluding carboxylic acids is 2. The zero-order valence-electron chi connectivity index (χ0n) is 15.6. The standard InChI is InChI=1S/C21H24N4O2/c1-14-5-3-7-16(13-14)22-20(27)25-11-9-21(10-12-25)23-17-8-4-6-15(2)18(17)19(26)24-21/h3-8,13,23H,9-12H2,1-2H3,(H,22,27)(H,24,26). The van der Waals surface area contributed by atoms with Gasteiger partial charge in [-0.2, -0.15) is 0 Å². The van der Waals surface area contributed by atoms with Gasteiger partial charge in [0.05, 0.1) is 5.56 Å². The summed E-state index contributed by atoms with van der Waals surface area (Å²) in [5.74, 6) is -0.0421. The van der Waals surface area contributed by atoms with Gasteiger partial charge < -0.3 is 20.9 Å². The van der Waals surface area contributed by atoms with Crippen LogP contribution < -0.4 is 16.0 Å². The zero-order chi connectivity index (χ0) is 19.0. The number of carbonyl (C=O) groups is 2. The van der Waals surface area contributed by atoms with Crippen molar-refractivity contribution < 1.29 is 9.59 Å². The molecule has 3 N–H and O–H groups in total. The molecular formula is C21H24N4O2. The third-order valence-corrected chi connectivity index (χ3v) is 5.40. The SMILES string of the molecule is Cc1cccc(NC(=O)N2CCC3(CC2)NC(=O)c2c(C)cccc2N3)c1. The van der Waals surface area contributed by atoms with E-state index >= 15 is 0 Å². The smallest absolute Gasteiger partial charge is 0.321 e. The van der Waals surface area contributed by atoms with E-state index < -0.39 is 5.66 Å². The van der Waals surface area contributed by atoms with Gasteiger partial charge in [0, 0.05) is 37.3 Å². The second kappa shape index (κ2) is 6.61. The Hall–Kier alpha value is -3.02. The number of hydrogen-bond acceptors (Lipinski definition) is 3. The minimum Gasteiger partial charge on any atom is -0.362 e. The molecule has 0 radical (unpaired) electrons. The normalized spacial score (nSPS) is 17.7. The highest BCUT2D eigenvalue weighted by molar-refractivity contribution is 6.03. The van der Waals surface area contributed by atoms with Crippen molar-refractivity contribution in [1.82, 2.24) is 10.2 Å². The summed E-state index contributed by atoms with van der Waals surface area (Å²) in [6.07, 6.45) is 1.32. The van der Waals surface area contributed by atoms with Gasteiger partial charge in [-0.15, -0.1) is 0 Å². The third-order valence-electron chi connectivity index (χ3n) is 5.40. The molecule has 4 rings (SSSR count). The molecule has 2 heterocycles. The molecule has 0 aromatic heterocycles. The van der Waals surface area contributed by atoms with E-state index in [2.05, 4.69) is 16.0 Å². The predicted molar refractivity (Wildman–Crippen MR) is 106 cm³/mol. The molecule has 0 atom stereocenters. The average Bonchev–Trinajstić information content (AvgIpc) is 2.62. The van der Waals surface area contributed by atoms with E-state index in [0.29, 0.717) is 31.5 Å². The first-order valence-corrected chi connectivity index (χ1v) is 9.29. The number of fused-ring (bicyclic) bond motifs is 1. The average molecular weight is 364 g/mol. The highest BCUT2D eigenvalue weighted by Gasteiger charge is 2.41. The third kappa shape index (κ3) is 3.35. The lowest BCUT2D eigenvalue weighted by Crippen LogP contribution is -2.63. The number of urea groups is 1. The lowest BCUT2D eigenvalue weighted by Gasteiger charge is -2.46. The topological polar surface area (TPSA) is 73.5 Å². The van der Waals surface area contributed by atoms with Crippen molar-refractivity contribution in [1.29, 1.82) is 0 Å². The number of hydrogen-bond donors (Lipinski definition) is 3. The maximum absolute atomic E-state index is 12.6. The summed E-state index contributed by atoms with van der Waals surface area (Å²) >= 11 is 0. The first kappa shape index (κ1) is 17.4. The minimum atomic E-state index is -0.488. The van der Waals surface area contributed by atoms with Crippen LogP contribution in [0.15, 0.2) is 42.5 Å². The van der Waals surface area contributed by atoms with Crippen LogP contribution in [0, 0.1) is 13.8 Å². The van der Waals surface area contributed by atoms with Crippen LogP contribution in [0.25, 0.3) is 0 Å². The molecule has 1 spiro atoms. The van der Waals surface area contributed by atoms with Crippen LogP contribution in [-0.2, 0) is 0 Å². The number of aryl methyl sites for hydroxylation is 2. The molecule has 1 fully saturated rings. The number of benzene rings is 2. The molecule has 6 heteroatoms. The predicted octanol–water partition coefficient (Wildman–Crippen LogP) is 3.48. The van der Waals surface area contributed by atoms with E-state index in [1.807, 2.05) is 56.3 Å². The van der Waals surface area contributed by atoms with Crippen LogP contribution in [0.3, 0.4) is 0 Å². The second-order valence-electron chi connectivity index (χ2n) is 7.45. The highest BCUT2D eigenvalue weighted by Crippen LogP contribution is 2.32. The molecule has 0 bridgehead atoms. The fourth-order valence-corrected chi connectivity index (χ4v) is 3.91. The summed E-state index contributed by atoms with van der Waals surface area (Å²) < 4.78 is 0. The summed E-state index contributed by atoms with van der Waals surface area (Å²) in [4.78, 5) is 27.0. The molecule has 1 saturated heterocycles. The molecule has 2 aromatic rings. The summed E-state index contributed by atoms with van der Waals surface area (Å²) in [5, 5.41) is 9.60. The molecule has 0 saturated carbocycles. The Morgan fingerprint density at radius 2 is 1.81 bits per heavy atom. The number of nitrogens with zero attached hydrogens (tertiary/aromatic N) is 1. The zero-order valence-corrected chi connectivity index (χ0v) is 15.6. The maximum Gasteiger partial charge on any atom is 0.321 e. The van der Waals surface area contributed by atoms with E-state index in [4.69, 9.17) is 0 Å². The molecule has 2 aromatic carbocycles. The Bertz CT molecular complexity index is 901. The van der Waals surface area contributed by atoms with Gasteiger partial charge in [-0.25, -0.2) is 4.79 Å². The summed E-state index contributed by atoms with van der Waals surface area (Å²) in [5.41, 5.74) is 3.96. The largest absolute Gasteiger partial charge is 0.362 e. The fourth-order valence-electron chi connectivity index (χ4n) is 3.91. The molecule has 0 aliphatic carbocycles. The van der Waals surface area contributed by atoms with Crippen molar-refractivity contribution >= 4 is 23.3 Å². The number of rotatable bonds is 1. The molecule has 3 amide bonds. The van der Waals surface area contributed by atoms with Gasteiger partial charge in [0.15, 0.2) is 0 Å². The van der Waals surface area contributed by atoms with Gasteiger partial charge in [0.1, 0.15) is 5.66 Å². The van der Waals surface area contributed by atoms with Crippen molar-refractivity contribution in [3.05, 3.63) is 59.2 Å². The monoisotopic (exact) mass is 364 g/mol. The molecular weight excluding hydrogens is 340 g/mol. The second-order valence-corrected chi connectivity index (χ2v) is 7.45. The summed E-state index contributed by atoms with van der Waals surface area (Å²) in [6.45, 7) is 5.09. The van der Waals surface area contributed by atoms with Crippen molar-refractivity contribution in [3.63, 3.8) is 0 Å². The van der Waals surface area contributed by atoms with Crippen LogP contribution in [0.1, 0.15) is 34.3 Å². The Labute approximate surface area is 158 Å². The van der Waals surface area contributed by atoms with E-state index in [-0.39, 0.29) is 11.9 Å². The first-order valence-electron chi connectivity index (χ1n) is 9.29. The van der Waals surface area contributed by atoms with E-state index in [0.717, 1.165) is 22.5 Å². The summed E-state index contributed by atoms with van der Waals surface area (Å²) in [6, 6.07) is 13.5. The molecule has 2 aliphatic rings. The van der Waals surface area contributed by atoms with Crippen molar-refractivity contribution in [3.8, 4) is 0 Å². The maximum atomic E-state index is 12.6. The van der Waals surface area contributed by atoms with Gasteiger partial charge in [-0.1, -0.05) is 24.3 Å².